The van der Waals surface area contributed by atoms with Crippen molar-refractivity contribution in [1.82, 2.24) is 4.98 Å². The minimum absolute atomic E-state index is 0.367. The first-order chi connectivity index (χ1) is 10.2. The van der Waals surface area contributed by atoms with E-state index in [1.165, 1.54) is 7.11 Å². The molecule has 1 heterocycles. The van der Waals surface area contributed by atoms with Crippen LogP contribution in [0.4, 0.5) is 5.82 Å². The number of esters is 1. The summed E-state index contributed by atoms with van der Waals surface area (Å²) in [6, 6.07) is 3.36. The summed E-state index contributed by atoms with van der Waals surface area (Å²) in [6.07, 6.45) is 1.61. The van der Waals surface area contributed by atoms with Gasteiger partial charge in [-0.15, -0.1) is 0 Å². The third-order valence-corrected chi connectivity index (χ3v) is 2.91. The van der Waals surface area contributed by atoms with Crippen LogP contribution in [0.2, 0.25) is 0 Å². The zero-order valence-electron chi connectivity index (χ0n) is 13.0. The van der Waals surface area contributed by atoms with Crippen molar-refractivity contribution >= 4 is 11.8 Å². The zero-order valence-corrected chi connectivity index (χ0v) is 13.0. The van der Waals surface area contributed by atoms with Gasteiger partial charge in [-0.3, -0.25) is 0 Å². The molecule has 6 nitrogen and oxygen atoms in total. The Balaban J connectivity index is 2.77. The Morgan fingerprint density at radius 2 is 1.81 bits per heavy atom. The van der Waals surface area contributed by atoms with Gasteiger partial charge in [0.25, 0.3) is 0 Å². The molecule has 0 atom stereocenters. The van der Waals surface area contributed by atoms with Gasteiger partial charge < -0.3 is 19.1 Å². The molecule has 0 bridgehead atoms. The fraction of sp³-hybridized carbons (Fsp3) is 0.600. The summed E-state index contributed by atoms with van der Waals surface area (Å²) < 4.78 is 15.5. The Morgan fingerprint density at radius 1 is 1.19 bits per heavy atom. The second kappa shape index (κ2) is 10.1. The molecule has 0 spiro atoms. The Kier molecular flexibility index (Phi) is 8.38. The minimum atomic E-state index is -0.367. The van der Waals surface area contributed by atoms with Crippen molar-refractivity contribution in [2.24, 2.45) is 0 Å². The molecule has 0 saturated heterocycles. The Bertz CT molecular complexity index is 416. The predicted octanol–water partition coefficient (Wildman–Crippen LogP) is 1.75. The third-order valence-electron chi connectivity index (χ3n) is 2.91. The first-order valence-corrected chi connectivity index (χ1v) is 7.17. The Hall–Kier alpha value is -1.66. The van der Waals surface area contributed by atoms with Crippen LogP contribution in [-0.2, 0) is 14.2 Å². The molecular weight excluding hydrogens is 272 g/mol. The second-order valence-electron chi connectivity index (χ2n) is 4.28. The number of ether oxygens (including phenoxy) is 3. The normalized spacial score (nSPS) is 10.4. The van der Waals surface area contributed by atoms with Crippen LogP contribution < -0.4 is 4.90 Å². The lowest BCUT2D eigenvalue weighted by Gasteiger charge is -2.23. The lowest BCUT2D eigenvalue weighted by atomic mass is 10.2. The van der Waals surface area contributed by atoms with E-state index in [0.717, 1.165) is 5.82 Å². The number of aromatic nitrogens is 1. The molecule has 0 N–H and O–H groups in total. The number of rotatable bonds is 10. The smallest absolute Gasteiger partial charge is 0.338 e. The van der Waals surface area contributed by atoms with Crippen molar-refractivity contribution in [3.63, 3.8) is 0 Å². The van der Waals surface area contributed by atoms with Gasteiger partial charge in [-0.2, -0.15) is 0 Å². The van der Waals surface area contributed by atoms with Crippen molar-refractivity contribution in [2.75, 3.05) is 51.5 Å². The summed E-state index contributed by atoms with van der Waals surface area (Å²) in [5, 5.41) is 0. The van der Waals surface area contributed by atoms with Crippen LogP contribution in [0.25, 0.3) is 0 Å². The SMILES string of the molecule is CCOCCN(CCOCC)c1cc(C(=O)OC)ccn1. The van der Waals surface area contributed by atoms with E-state index in [1.54, 1.807) is 18.3 Å². The number of methoxy groups -OCH3 is 1. The van der Waals surface area contributed by atoms with E-state index in [1.807, 2.05) is 18.7 Å². The number of carbonyl (C=O) groups excluding carboxylic acids is 1. The molecule has 1 rings (SSSR count). The largest absolute Gasteiger partial charge is 0.465 e. The number of anilines is 1. The van der Waals surface area contributed by atoms with E-state index in [4.69, 9.17) is 14.2 Å². The number of carbonyl (C=O) groups is 1. The summed E-state index contributed by atoms with van der Waals surface area (Å²) in [7, 11) is 1.37. The fourth-order valence-electron chi connectivity index (χ4n) is 1.82. The highest BCUT2D eigenvalue weighted by molar-refractivity contribution is 5.90. The van der Waals surface area contributed by atoms with Gasteiger partial charge in [0, 0.05) is 32.5 Å². The Labute approximate surface area is 126 Å². The van der Waals surface area contributed by atoms with Crippen LogP contribution in [-0.4, -0.2) is 57.6 Å². The van der Waals surface area contributed by atoms with Gasteiger partial charge in [0.05, 0.1) is 25.9 Å². The van der Waals surface area contributed by atoms with Crippen molar-refractivity contribution in [3.8, 4) is 0 Å². The highest BCUT2D eigenvalue weighted by Gasteiger charge is 2.12. The van der Waals surface area contributed by atoms with Crippen molar-refractivity contribution in [1.29, 1.82) is 0 Å². The maximum Gasteiger partial charge on any atom is 0.338 e. The molecule has 0 radical (unpaired) electrons. The molecule has 118 valence electrons. The maximum atomic E-state index is 11.6. The highest BCUT2D eigenvalue weighted by Crippen LogP contribution is 2.13. The van der Waals surface area contributed by atoms with Gasteiger partial charge in [0.2, 0.25) is 0 Å². The monoisotopic (exact) mass is 296 g/mol. The van der Waals surface area contributed by atoms with Crippen LogP contribution in [0.15, 0.2) is 18.3 Å². The van der Waals surface area contributed by atoms with Crippen molar-refractivity contribution < 1.29 is 19.0 Å². The standard InChI is InChI=1S/C15H24N2O4/c1-4-20-10-8-17(9-11-21-5-2)14-12-13(6-7-16-14)15(18)19-3/h6-7,12H,4-5,8-11H2,1-3H3. The molecule has 0 aliphatic rings. The van der Waals surface area contributed by atoms with Gasteiger partial charge in [-0.05, 0) is 26.0 Å². The first kappa shape index (κ1) is 17.4. The number of hydrogen-bond acceptors (Lipinski definition) is 6. The third kappa shape index (κ3) is 6.10. The predicted molar refractivity (Wildman–Crippen MR) is 80.8 cm³/mol. The minimum Gasteiger partial charge on any atom is -0.465 e. The first-order valence-electron chi connectivity index (χ1n) is 7.17. The molecule has 0 amide bonds. The van der Waals surface area contributed by atoms with E-state index in [0.29, 0.717) is 45.1 Å². The van der Waals surface area contributed by atoms with Crippen LogP contribution in [0.3, 0.4) is 0 Å². The van der Waals surface area contributed by atoms with E-state index in [2.05, 4.69) is 4.98 Å². The quantitative estimate of drug-likeness (QED) is 0.484. The lowest BCUT2D eigenvalue weighted by Crippen LogP contribution is -2.32. The Morgan fingerprint density at radius 3 is 2.33 bits per heavy atom. The average Bonchev–Trinajstić information content (AvgIpc) is 2.53. The molecule has 0 unspecified atom stereocenters. The molecule has 0 aromatic carbocycles. The van der Waals surface area contributed by atoms with Crippen LogP contribution in [0.5, 0.6) is 0 Å². The number of hydrogen-bond donors (Lipinski definition) is 0. The molecule has 6 heteroatoms. The van der Waals surface area contributed by atoms with Crippen LogP contribution >= 0.6 is 0 Å². The number of nitrogens with zero attached hydrogens (tertiary/aromatic N) is 2. The van der Waals surface area contributed by atoms with Crippen LogP contribution in [0.1, 0.15) is 24.2 Å². The van der Waals surface area contributed by atoms with Gasteiger partial charge in [0.1, 0.15) is 5.82 Å². The zero-order chi connectivity index (χ0) is 15.5. The van der Waals surface area contributed by atoms with Gasteiger partial charge >= 0.3 is 5.97 Å². The second-order valence-corrected chi connectivity index (χ2v) is 4.28. The fourth-order valence-corrected chi connectivity index (χ4v) is 1.82. The average molecular weight is 296 g/mol. The molecule has 1 aromatic rings. The molecule has 0 saturated carbocycles. The molecule has 0 aliphatic carbocycles. The van der Waals surface area contributed by atoms with E-state index < -0.39 is 0 Å². The lowest BCUT2D eigenvalue weighted by molar-refractivity contribution is 0.0600. The van der Waals surface area contributed by atoms with Gasteiger partial charge in [-0.25, -0.2) is 9.78 Å². The van der Waals surface area contributed by atoms with Gasteiger partial charge in [0.15, 0.2) is 0 Å². The van der Waals surface area contributed by atoms with E-state index in [9.17, 15) is 4.79 Å². The van der Waals surface area contributed by atoms with E-state index >= 15 is 0 Å². The van der Waals surface area contributed by atoms with E-state index in [-0.39, 0.29) is 5.97 Å². The molecule has 0 fully saturated rings. The highest BCUT2D eigenvalue weighted by atomic mass is 16.5. The number of pyridine rings is 1. The molecule has 0 aliphatic heterocycles. The van der Waals surface area contributed by atoms with Crippen LogP contribution in [0, 0.1) is 0 Å². The topological polar surface area (TPSA) is 60.9 Å². The summed E-state index contributed by atoms with van der Waals surface area (Å²) in [4.78, 5) is 18.0. The molecule has 1 aromatic heterocycles. The summed E-state index contributed by atoms with van der Waals surface area (Å²) in [6.45, 7) is 7.86. The van der Waals surface area contributed by atoms with Crippen molar-refractivity contribution in [2.45, 2.75) is 13.8 Å². The molecule has 21 heavy (non-hydrogen) atoms. The summed E-state index contributed by atoms with van der Waals surface area (Å²) in [5.41, 5.74) is 0.486. The summed E-state index contributed by atoms with van der Waals surface area (Å²) in [5.74, 6) is 0.352. The summed E-state index contributed by atoms with van der Waals surface area (Å²) >= 11 is 0. The van der Waals surface area contributed by atoms with Crippen molar-refractivity contribution in [3.05, 3.63) is 23.9 Å². The molecular formula is C15H24N2O4. The van der Waals surface area contributed by atoms with Gasteiger partial charge in [-0.1, -0.05) is 0 Å². The maximum absolute atomic E-state index is 11.6.